The number of carbonyl (C=O) groups is 2. The van der Waals surface area contributed by atoms with Gasteiger partial charge in [-0.2, -0.15) is 0 Å². The Balaban J connectivity index is 1.39. The Kier molecular flexibility index (Phi) is 5.87. The van der Waals surface area contributed by atoms with Gasteiger partial charge in [0.2, 0.25) is 12.7 Å². The number of nitrogens with one attached hydrogen (secondary N) is 1. The van der Waals surface area contributed by atoms with E-state index in [9.17, 15) is 19.7 Å². The second kappa shape index (κ2) is 8.74. The highest BCUT2D eigenvalue weighted by atomic mass is 32.2. The van der Waals surface area contributed by atoms with Crippen LogP contribution < -0.4 is 14.8 Å². The van der Waals surface area contributed by atoms with Gasteiger partial charge in [0.25, 0.3) is 11.6 Å². The van der Waals surface area contributed by atoms with Crippen molar-refractivity contribution in [3.8, 4) is 11.5 Å². The molecule has 31 heavy (non-hydrogen) atoms. The van der Waals surface area contributed by atoms with Crippen LogP contribution >= 0.6 is 24.0 Å². The van der Waals surface area contributed by atoms with Gasteiger partial charge in [-0.25, -0.2) is 0 Å². The second-order valence-electron chi connectivity index (χ2n) is 6.52. The van der Waals surface area contributed by atoms with E-state index in [0.29, 0.717) is 20.7 Å². The van der Waals surface area contributed by atoms with Gasteiger partial charge in [0.1, 0.15) is 10.0 Å². The number of nitro groups is 1. The van der Waals surface area contributed by atoms with Gasteiger partial charge in [-0.1, -0.05) is 42.2 Å². The largest absolute Gasteiger partial charge is 0.454 e. The van der Waals surface area contributed by atoms with Crippen LogP contribution in [0, 0.1) is 10.1 Å². The number of thioether (sulfide) groups is 1. The number of para-hydroxylation sites is 2. The molecule has 2 aliphatic rings. The molecule has 0 aromatic heterocycles. The molecule has 1 saturated heterocycles. The van der Waals surface area contributed by atoms with E-state index in [1.54, 1.807) is 30.3 Å². The van der Waals surface area contributed by atoms with Crippen LogP contribution in [0.2, 0.25) is 0 Å². The highest BCUT2D eigenvalue weighted by molar-refractivity contribution is 8.26. The average molecular weight is 457 g/mol. The summed E-state index contributed by atoms with van der Waals surface area (Å²) in [5.74, 6) is 0.500. The fourth-order valence-corrected chi connectivity index (χ4v) is 4.32. The third kappa shape index (κ3) is 4.52. The first kappa shape index (κ1) is 20.8. The lowest BCUT2D eigenvalue weighted by atomic mass is 10.2. The third-order valence-electron chi connectivity index (χ3n) is 4.51. The number of hydrogen-bond acceptors (Lipinski definition) is 8. The zero-order valence-corrected chi connectivity index (χ0v) is 17.5. The minimum absolute atomic E-state index is 0.0597. The summed E-state index contributed by atoms with van der Waals surface area (Å²) in [5, 5.41) is 13.6. The summed E-state index contributed by atoms with van der Waals surface area (Å²) in [6.07, 6.45) is 1.64. The first-order valence-electron chi connectivity index (χ1n) is 9.10. The molecule has 4 rings (SSSR count). The predicted molar refractivity (Wildman–Crippen MR) is 119 cm³/mol. The molecule has 0 bridgehead atoms. The maximum absolute atomic E-state index is 12.7. The van der Waals surface area contributed by atoms with Crippen molar-refractivity contribution in [3.63, 3.8) is 0 Å². The summed E-state index contributed by atoms with van der Waals surface area (Å²) in [5.41, 5.74) is 0.664. The molecule has 0 spiro atoms. The van der Waals surface area contributed by atoms with Crippen molar-refractivity contribution in [2.75, 3.05) is 18.7 Å². The monoisotopic (exact) mass is 457 g/mol. The Bertz CT molecular complexity index is 1130. The summed E-state index contributed by atoms with van der Waals surface area (Å²) in [4.78, 5) is 37.3. The van der Waals surface area contributed by atoms with E-state index in [0.717, 1.165) is 17.3 Å². The molecular weight excluding hydrogens is 442 g/mol. The molecule has 2 aromatic carbocycles. The lowest BCUT2D eigenvalue weighted by Gasteiger charge is -2.14. The van der Waals surface area contributed by atoms with Crippen LogP contribution in [0.1, 0.15) is 12.0 Å². The molecule has 0 atom stereocenters. The van der Waals surface area contributed by atoms with Gasteiger partial charge in [0, 0.05) is 19.0 Å². The van der Waals surface area contributed by atoms with Crippen molar-refractivity contribution in [1.82, 2.24) is 4.90 Å². The van der Waals surface area contributed by atoms with Crippen LogP contribution in [0.15, 0.2) is 47.4 Å². The SMILES string of the molecule is O=C(CCN1C(=O)C(=Cc2ccc3c(c2)OCO3)SC1=S)Nc1ccccc1[N+](=O)[O-]. The minimum atomic E-state index is -0.571. The summed E-state index contributed by atoms with van der Waals surface area (Å²) in [6, 6.07) is 11.2. The maximum atomic E-state index is 12.7. The summed E-state index contributed by atoms with van der Waals surface area (Å²) in [6.45, 7) is 0.227. The Morgan fingerprint density at radius 1 is 1.26 bits per heavy atom. The van der Waals surface area contributed by atoms with Crippen LogP contribution in [-0.4, -0.2) is 39.3 Å². The fraction of sp³-hybridized carbons (Fsp3) is 0.150. The zero-order valence-electron chi connectivity index (χ0n) is 15.9. The smallest absolute Gasteiger partial charge is 0.292 e. The van der Waals surface area contributed by atoms with Crippen LogP contribution in [0.3, 0.4) is 0 Å². The van der Waals surface area contributed by atoms with Crippen molar-refractivity contribution < 1.29 is 24.0 Å². The fourth-order valence-electron chi connectivity index (χ4n) is 3.01. The van der Waals surface area contributed by atoms with Gasteiger partial charge < -0.3 is 14.8 Å². The Hall–Kier alpha value is -3.44. The normalized spacial score (nSPS) is 16.1. The van der Waals surface area contributed by atoms with E-state index >= 15 is 0 Å². The number of carbonyl (C=O) groups excluding carboxylic acids is 2. The van der Waals surface area contributed by atoms with E-state index in [2.05, 4.69) is 5.32 Å². The highest BCUT2D eigenvalue weighted by Gasteiger charge is 2.32. The average Bonchev–Trinajstić information content (AvgIpc) is 3.31. The number of hydrogen-bond donors (Lipinski definition) is 1. The van der Waals surface area contributed by atoms with Crippen molar-refractivity contribution in [3.05, 3.63) is 63.0 Å². The molecule has 0 aliphatic carbocycles. The molecule has 1 N–H and O–H groups in total. The van der Waals surface area contributed by atoms with E-state index in [1.165, 1.54) is 23.1 Å². The number of thiocarbonyl (C=S) groups is 1. The van der Waals surface area contributed by atoms with E-state index in [-0.39, 0.29) is 37.0 Å². The minimum Gasteiger partial charge on any atom is -0.454 e. The Morgan fingerprint density at radius 2 is 2.03 bits per heavy atom. The van der Waals surface area contributed by atoms with Gasteiger partial charge in [-0.05, 0) is 29.8 Å². The molecular formula is C20H15N3O6S2. The summed E-state index contributed by atoms with van der Waals surface area (Å²) in [7, 11) is 0. The second-order valence-corrected chi connectivity index (χ2v) is 8.19. The number of amides is 2. The van der Waals surface area contributed by atoms with Gasteiger partial charge >= 0.3 is 0 Å². The number of nitro benzene ring substituents is 1. The number of nitrogens with zero attached hydrogens (tertiary/aromatic N) is 2. The van der Waals surface area contributed by atoms with E-state index < -0.39 is 10.8 Å². The van der Waals surface area contributed by atoms with Gasteiger partial charge in [0.15, 0.2) is 11.5 Å². The van der Waals surface area contributed by atoms with Gasteiger partial charge in [-0.15, -0.1) is 0 Å². The molecule has 11 heteroatoms. The third-order valence-corrected chi connectivity index (χ3v) is 5.88. The van der Waals surface area contributed by atoms with Crippen molar-refractivity contribution >= 4 is 57.6 Å². The zero-order chi connectivity index (χ0) is 22.0. The van der Waals surface area contributed by atoms with Crippen molar-refractivity contribution in [2.24, 2.45) is 0 Å². The molecule has 9 nitrogen and oxygen atoms in total. The first-order valence-corrected chi connectivity index (χ1v) is 10.3. The van der Waals surface area contributed by atoms with Crippen LogP contribution in [0.5, 0.6) is 11.5 Å². The van der Waals surface area contributed by atoms with Gasteiger partial charge in [-0.3, -0.25) is 24.6 Å². The van der Waals surface area contributed by atoms with E-state index in [1.807, 2.05) is 0 Å². The number of benzene rings is 2. The van der Waals surface area contributed by atoms with Gasteiger partial charge in [0.05, 0.1) is 9.83 Å². The standard InChI is InChI=1S/C20H15N3O6S2/c24-18(21-13-3-1-2-4-14(13)23(26)27)7-8-22-19(25)17(31-20(22)30)10-12-5-6-15-16(9-12)29-11-28-15/h1-6,9-10H,7-8,11H2,(H,21,24). The predicted octanol–water partition coefficient (Wildman–Crippen LogP) is 3.55. The molecule has 0 saturated carbocycles. The highest BCUT2D eigenvalue weighted by Crippen LogP contribution is 2.36. The number of fused-ring (bicyclic) bond motifs is 1. The lowest BCUT2D eigenvalue weighted by Crippen LogP contribution is -2.31. The molecule has 0 radical (unpaired) electrons. The quantitative estimate of drug-likeness (QED) is 0.303. The van der Waals surface area contributed by atoms with Crippen molar-refractivity contribution in [2.45, 2.75) is 6.42 Å². The molecule has 2 amide bonds. The molecule has 1 fully saturated rings. The number of anilines is 1. The molecule has 158 valence electrons. The molecule has 2 aliphatic heterocycles. The molecule has 0 unspecified atom stereocenters. The van der Waals surface area contributed by atoms with Crippen LogP contribution in [-0.2, 0) is 9.59 Å². The lowest BCUT2D eigenvalue weighted by molar-refractivity contribution is -0.383. The topological polar surface area (TPSA) is 111 Å². The maximum Gasteiger partial charge on any atom is 0.292 e. The first-order chi connectivity index (χ1) is 14.9. The van der Waals surface area contributed by atoms with Crippen LogP contribution in [0.25, 0.3) is 6.08 Å². The summed E-state index contributed by atoms with van der Waals surface area (Å²) >= 11 is 6.44. The Labute approximate surface area is 186 Å². The molecule has 2 heterocycles. The Morgan fingerprint density at radius 3 is 2.84 bits per heavy atom. The van der Waals surface area contributed by atoms with Crippen LogP contribution in [0.4, 0.5) is 11.4 Å². The van der Waals surface area contributed by atoms with E-state index in [4.69, 9.17) is 21.7 Å². The summed E-state index contributed by atoms with van der Waals surface area (Å²) < 4.78 is 11.0. The number of ether oxygens (including phenoxy) is 2. The number of rotatable bonds is 6. The van der Waals surface area contributed by atoms with Crippen molar-refractivity contribution in [1.29, 1.82) is 0 Å². The molecule has 2 aromatic rings.